The van der Waals surface area contributed by atoms with E-state index in [9.17, 15) is 4.79 Å². The van der Waals surface area contributed by atoms with Crippen molar-refractivity contribution in [1.29, 1.82) is 0 Å². The zero-order chi connectivity index (χ0) is 14.8. The Balaban J connectivity index is 0.00000176. The van der Waals surface area contributed by atoms with Crippen LogP contribution < -0.4 is 5.32 Å². The summed E-state index contributed by atoms with van der Waals surface area (Å²) in [5.41, 5.74) is 1.37. The van der Waals surface area contributed by atoms with E-state index in [-0.39, 0.29) is 18.3 Å². The van der Waals surface area contributed by atoms with Crippen LogP contribution in [-0.4, -0.2) is 36.0 Å². The molecule has 2 atom stereocenters. The molecule has 0 radical (unpaired) electrons. The van der Waals surface area contributed by atoms with Crippen LogP contribution in [0.5, 0.6) is 0 Å². The maximum absolute atomic E-state index is 12.8. The minimum Gasteiger partial charge on any atom is -0.336 e. The third-order valence-corrected chi connectivity index (χ3v) is 6.00. The van der Waals surface area contributed by atoms with Crippen LogP contribution in [0.15, 0.2) is 6.07 Å². The van der Waals surface area contributed by atoms with Crippen molar-refractivity contribution in [1.82, 2.24) is 10.2 Å². The lowest BCUT2D eigenvalue weighted by atomic mass is 10.1. The van der Waals surface area contributed by atoms with Crippen LogP contribution in [0, 0.1) is 0 Å². The van der Waals surface area contributed by atoms with Crippen LogP contribution in [0.1, 0.15) is 59.6 Å². The summed E-state index contributed by atoms with van der Waals surface area (Å²) < 4.78 is 0. The van der Waals surface area contributed by atoms with E-state index in [0.717, 1.165) is 43.6 Å². The van der Waals surface area contributed by atoms with Gasteiger partial charge in [-0.15, -0.1) is 23.7 Å². The van der Waals surface area contributed by atoms with Crippen molar-refractivity contribution in [2.75, 3.05) is 13.1 Å². The molecule has 1 N–H and O–H groups in total. The third-order valence-electron chi connectivity index (χ3n) is 4.78. The molecular formula is C17H27ClN2OS. The number of aryl methyl sites for hydroxylation is 2. The maximum Gasteiger partial charge on any atom is 0.263 e. The number of carbonyl (C=O) groups is 1. The van der Waals surface area contributed by atoms with Crippen molar-refractivity contribution >= 4 is 29.7 Å². The molecule has 3 rings (SSSR count). The Bertz CT molecular complexity index is 517. The highest BCUT2D eigenvalue weighted by Crippen LogP contribution is 2.27. The number of thiophene rings is 1. The highest BCUT2D eigenvalue weighted by atomic mass is 35.5. The van der Waals surface area contributed by atoms with E-state index in [0.29, 0.717) is 12.1 Å². The molecule has 0 aliphatic carbocycles. The van der Waals surface area contributed by atoms with Gasteiger partial charge in [-0.1, -0.05) is 20.3 Å². The van der Waals surface area contributed by atoms with E-state index in [1.807, 2.05) is 0 Å². The molecule has 22 heavy (non-hydrogen) atoms. The van der Waals surface area contributed by atoms with Gasteiger partial charge >= 0.3 is 0 Å². The normalized spacial score (nSPS) is 24.0. The molecule has 3 heterocycles. The largest absolute Gasteiger partial charge is 0.336 e. The first-order chi connectivity index (χ1) is 10.2. The van der Waals surface area contributed by atoms with Crippen LogP contribution in [-0.2, 0) is 12.8 Å². The van der Waals surface area contributed by atoms with Gasteiger partial charge in [0.05, 0.1) is 4.88 Å². The molecule has 0 aromatic carbocycles. The lowest BCUT2D eigenvalue weighted by Crippen LogP contribution is -2.38. The van der Waals surface area contributed by atoms with E-state index in [1.54, 1.807) is 11.3 Å². The average Bonchev–Trinajstić information content (AvgIpc) is 3.02. The summed E-state index contributed by atoms with van der Waals surface area (Å²) in [6, 6.07) is 3.30. The van der Waals surface area contributed by atoms with Crippen molar-refractivity contribution in [3.8, 4) is 0 Å². The maximum atomic E-state index is 12.8. The molecule has 1 aromatic rings. The van der Waals surface area contributed by atoms with E-state index >= 15 is 0 Å². The van der Waals surface area contributed by atoms with Gasteiger partial charge in [0.2, 0.25) is 0 Å². The zero-order valence-electron chi connectivity index (χ0n) is 13.6. The van der Waals surface area contributed by atoms with Gasteiger partial charge in [0, 0.05) is 30.1 Å². The first kappa shape index (κ1) is 17.8. The summed E-state index contributed by atoms with van der Waals surface area (Å²) in [5, 5.41) is 3.65. The Kier molecular flexibility index (Phi) is 6.30. The van der Waals surface area contributed by atoms with E-state index < -0.39 is 0 Å². The quantitative estimate of drug-likeness (QED) is 0.905. The van der Waals surface area contributed by atoms with Crippen molar-refractivity contribution in [3.63, 3.8) is 0 Å². The lowest BCUT2D eigenvalue weighted by Gasteiger charge is -2.23. The number of halogens is 1. The number of nitrogens with zero attached hydrogens (tertiary/aromatic N) is 1. The number of hydrogen-bond acceptors (Lipinski definition) is 3. The summed E-state index contributed by atoms with van der Waals surface area (Å²) in [6.07, 6.45) is 6.90. The molecular weight excluding hydrogens is 316 g/mol. The Hall–Kier alpha value is -0.580. The highest BCUT2D eigenvalue weighted by molar-refractivity contribution is 7.14. The van der Waals surface area contributed by atoms with Crippen molar-refractivity contribution in [3.05, 3.63) is 21.4 Å². The van der Waals surface area contributed by atoms with Crippen LogP contribution in [0.4, 0.5) is 0 Å². The van der Waals surface area contributed by atoms with Crippen LogP contribution in [0.2, 0.25) is 0 Å². The van der Waals surface area contributed by atoms with Crippen molar-refractivity contribution in [2.45, 2.75) is 64.5 Å². The van der Waals surface area contributed by atoms with Gasteiger partial charge in [0.25, 0.3) is 5.91 Å². The second kappa shape index (κ2) is 7.80. The molecule has 1 amide bonds. The molecule has 0 spiro atoms. The van der Waals surface area contributed by atoms with Gasteiger partial charge in [-0.2, -0.15) is 0 Å². The minimum absolute atomic E-state index is 0. The second-order valence-corrected chi connectivity index (χ2v) is 7.48. The highest BCUT2D eigenvalue weighted by Gasteiger charge is 2.32. The summed E-state index contributed by atoms with van der Waals surface area (Å²) in [7, 11) is 0. The fraction of sp³-hybridized carbons (Fsp3) is 0.706. The summed E-state index contributed by atoms with van der Waals surface area (Å²) in [4.78, 5) is 17.3. The van der Waals surface area contributed by atoms with Crippen molar-refractivity contribution in [2.24, 2.45) is 0 Å². The van der Waals surface area contributed by atoms with E-state index in [1.165, 1.54) is 23.3 Å². The number of amides is 1. The monoisotopic (exact) mass is 342 g/mol. The molecule has 2 saturated heterocycles. The molecule has 5 heteroatoms. The summed E-state index contributed by atoms with van der Waals surface area (Å²) in [6.45, 7) is 6.19. The number of likely N-dealkylation sites (tertiary alicyclic amines) is 1. The van der Waals surface area contributed by atoms with E-state index in [2.05, 4.69) is 30.1 Å². The SMILES string of the molecule is CCCc1sc(C(=O)N2CCC3CCC(C2)N3)cc1CC.Cl. The molecule has 2 aliphatic rings. The molecule has 1 aromatic heterocycles. The smallest absolute Gasteiger partial charge is 0.263 e. The first-order valence-corrected chi connectivity index (χ1v) is 9.19. The number of carbonyl (C=O) groups excluding carboxylic acids is 1. The minimum atomic E-state index is 0. The van der Waals surface area contributed by atoms with Crippen LogP contribution in [0.25, 0.3) is 0 Å². The van der Waals surface area contributed by atoms with Crippen LogP contribution >= 0.6 is 23.7 Å². The predicted octanol–water partition coefficient (Wildman–Crippen LogP) is 3.65. The lowest BCUT2D eigenvalue weighted by molar-refractivity contribution is 0.0753. The molecule has 3 nitrogen and oxygen atoms in total. The van der Waals surface area contributed by atoms with Crippen molar-refractivity contribution < 1.29 is 4.79 Å². The Morgan fingerprint density at radius 1 is 1.32 bits per heavy atom. The first-order valence-electron chi connectivity index (χ1n) is 8.38. The van der Waals surface area contributed by atoms with Gasteiger partial charge in [0.15, 0.2) is 0 Å². The third kappa shape index (κ3) is 3.66. The van der Waals surface area contributed by atoms with Gasteiger partial charge in [0.1, 0.15) is 0 Å². The second-order valence-electron chi connectivity index (χ2n) is 6.34. The van der Waals surface area contributed by atoms with Gasteiger partial charge < -0.3 is 10.2 Å². The summed E-state index contributed by atoms with van der Waals surface area (Å²) >= 11 is 1.73. The zero-order valence-corrected chi connectivity index (χ0v) is 15.2. The van der Waals surface area contributed by atoms with Gasteiger partial charge in [-0.05, 0) is 43.7 Å². The fourth-order valence-electron chi connectivity index (χ4n) is 3.59. The number of rotatable bonds is 4. The Morgan fingerprint density at radius 2 is 2.09 bits per heavy atom. The topological polar surface area (TPSA) is 32.3 Å². The Morgan fingerprint density at radius 3 is 2.82 bits per heavy atom. The summed E-state index contributed by atoms with van der Waals surface area (Å²) in [5.74, 6) is 0.256. The average molecular weight is 343 g/mol. The number of fused-ring (bicyclic) bond motifs is 2. The molecule has 2 fully saturated rings. The molecule has 2 aliphatic heterocycles. The van der Waals surface area contributed by atoms with Crippen LogP contribution in [0.3, 0.4) is 0 Å². The molecule has 124 valence electrons. The molecule has 2 unspecified atom stereocenters. The molecule has 2 bridgehead atoms. The fourth-order valence-corrected chi connectivity index (χ4v) is 4.92. The Labute approximate surface area is 143 Å². The molecule has 0 saturated carbocycles. The number of nitrogens with one attached hydrogen (secondary N) is 1. The number of hydrogen-bond donors (Lipinski definition) is 1. The van der Waals surface area contributed by atoms with Gasteiger partial charge in [-0.25, -0.2) is 0 Å². The standard InChI is InChI=1S/C17H26N2OS.ClH/c1-3-5-15-12(4-2)10-16(21-15)17(20)19-9-8-13-6-7-14(11-19)18-13;/h10,13-14,18H,3-9,11H2,1-2H3;1H. The predicted molar refractivity (Wildman–Crippen MR) is 95.4 cm³/mol. The van der Waals surface area contributed by atoms with Gasteiger partial charge in [-0.3, -0.25) is 4.79 Å². The van der Waals surface area contributed by atoms with E-state index in [4.69, 9.17) is 0 Å².